The molecule has 102 valence electrons. The van der Waals surface area contributed by atoms with Crippen molar-refractivity contribution in [3.63, 3.8) is 0 Å². The van der Waals surface area contributed by atoms with Crippen LogP contribution in [-0.2, 0) is 11.1 Å². The highest BCUT2D eigenvalue weighted by atomic mass is 35.5. The zero-order valence-corrected chi connectivity index (χ0v) is 11.5. The molecule has 18 heavy (non-hydrogen) atoms. The number of carbonyl (C=O) groups is 1. The van der Waals surface area contributed by atoms with E-state index in [1.165, 1.54) is 25.2 Å². The van der Waals surface area contributed by atoms with Gasteiger partial charge in [-0.3, -0.25) is 9.00 Å². The fourth-order valence-electron chi connectivity index (χ4n) is 1.03. The van der Waals surface area contributed by atoms with Gasteiger partial charge in [0.25, 0.3) is 5.91 Å². The Labute approximate surface area is 113 Å². The number of amides is 1. The van der Waals surface area contributed by atoms with Crippen molar-refractivity contribution in [3.8, 4) is 0 Å². The van der Waals surface area contributed by atoms with Crippen molar-refractivity contribution in [2.24, 2.45) is 0 Å². The van der Waals surface area contributed by atoms with Crippen molar-refractivity contribution >= 4 is 28.6 Å². The maximum atomic E-state index is 11.4. The Morgan fingerprint density at radius 2 is 2.11 bits per heavy atom. The largest absolute Gasteiger partial charge is 0.768 e. The van der Waals surface area contributed by atoms with Crippen molar-refractivity contribution in [1.29, 1.82) is 0 Å². The highest BCUT2D eigenvalue weighted by Crippen LogP contribution is 2.20. The van der Waals surface area contributed by atoms with Crippen LogP contribution in [0.1, 0.15) is 17.3 Å². The Bertz CT molecular complexity index is 428. The summed E-state index contributed by atoms with van der Waals surface area (Å²) in [5, 5.41) is 9.99. The highest BCUT2D eigenvalue weighted by molar-refractivity contribution is 7.79. The minimum atomic E-state index is -2.43. The summed E-state index contributed by atoms with van der Waals surface area (Å²) in [5.74, 6) is -0.319. The van der Waals surface area contributed by atoms with E-state index in [0.29, 0.717) is 6.54 Å². The van der Waals surface area contributed by atoms with E-state index in [2.05, 4.69) is 5.32 Å². The zero-order valence-electron chi connectivity index (χ0n) is 9.90. The third kappa shape index (κ3) is 5.56. The van der Waals surface area contributed by atoms with Crippen LogP contribution in [0.25, 0.3) is 0 Å². The van der Waals surface area contributed by atoms with Gasteiger partial charge in [-0.2, -0.15) is 0 Å². The molecule has 1 unspecified atom stereocenters. The van der Waals surface area contributed by atoms with E-state index in [0.717, 1.165) is 0 Å². The lowest BCUT2D eigenvalue weighted by Gasteiger charge is -2.09. The van der Waals surface area contributed by atoms with Crippen LogP contribution in [-0.4, -0.2) is 33.5 Å². The molecule has 6 nitrogen and oxygen atoms in total. The summed E-state index contributed by atoms with van der Waals surface area (Å²) < 4.78 is 21.5. The van der Waals surface area contributed by atoms with Crippen LogP contribution < -0.4 is 10.8 Å². The lowest BCUT2D eigenvalue weighted by molar-refractivity contribution is 0.0955. The van der Waals surface area contributed by atoms with Gasteiger partial charge in [-0.25, -0.2) is 5.48 Å². The predicted molar refractivity (Wildman–Crippen MR) is 67.5 cm³/mol. The fourth-order valence-corrected chi connectivity index (χ4v) is 1.79. The van der Waals surface area contributed by atoms with E-state index in [1.54, 1.807) is 12.4 Å². The van der Waals surface area contributed by atoms with Gasteiger partial charge in [-0.1, -0.05) is 11.6 Å². The first-order valence-corrected chi connectivity index (χ1v) is 6.41. The number of hydrogen-bond acceptors (Lipinski definition) is 5. The zero-order chi connectivity index (χ0) is 14.1. The summed E-state index contributed by atoms with van der Waals surface area (Å²) in [7, 11) is 1.43. The molecule has 1 aromatic rings. The van der Waals surface area contributed by atoms with Crippen molar-refractivity contribution in [2.75, 3.05) is 13.6 Å². The van der Waals surface area contributed by atoms with Gasteiger partial charge in [0.2, 0.25) is 0 Å². The van der Waals surface area contributed by atoms with E-state index < -0.39 is 11.1 Å². The van der Waals surface area contributed by atoms with Crippen LogP contribution in [0, 0.1) is 0 Å². The molecule has 0 spiro atoms. The lowest BCUT2D eigenvalue weighted by atomic mass is 10.2. The first-order valence-electron chi connectivity index (χ1n) is 4.95. The second-order valence-corrected chi connectivity index (χ2v) is 4.28. The summed E-state index contributed by atoms with van der Waals surface area (Å²) in [4.78, 5) is 11.3. The summed E-state index contributed by atoms with van der Waals surface area (Å²) in [6, 6.07) is 4.11. The second-order valence-electron chi connectivity index (χ2n) is 2.96. The Morgan fingerprint density at radius 1 is 1.56 bits per heavy atom. The number of nitrogens with one attached hydrogen (secondary N) is 2. The van der Waals surface area contributed by atoms with Gasteiger partial charge in [-0.05, 0) is 36.2 Å². The molecule has 1 atom stereocenters. The van der Waals surface area contributed by atoms with Gasteiger partial charge in [-0.15, -0.1) is 0 Å². The van der Waals surface area contributed by atoms with E-state index in [1.807, 2.05) is 0 Å². The normalized spacial score (nSPS) is 11.2. The smallest absolute Gasteiger partial charge is 0.251 e. The Balaban J connectivity index is 0.000000873. The van der Waals surface area contributed by atoms with Gasteiger partial charge in [0.05, 0.1) is 5.02 Å². The highest BCUT2D eigenvalue weighted by Gasteiger charge is 2.08. The molecule has 0 aliphatic rings. The lowest BCUT2D eigenvalue weighted by Crippen LogP contribution is -2.22. The average Bonchev–Trinajstić information content (AvgIpc) is 2.30. The van der Waals surface area contributed by atoms with Gasteiger partial charge in [0, 0.05) is 24.1 Å². The molecule has 0 saturated carbocycles. The summed E-state index contributed by atoms with van der Waals surface area (Å²) in [6.07, 6.45) is 0. The molecule has 0 heterocycles. The first-order chi connectivity index (χ1) is 8.47. The predicted octanol–water partition coefficient (Wildman–Crippen LogP) is 0.923. The van der Waals surface area contributed by atoms with Crippen LogP contribution >= 0.6 is 11.6 Å². The summed E-state index contributed by atoms with van der Waals surface area (Å²) >= 11 is 3.21. The molecule has 0 fully saturated rings. The molecule has 0 bridgehead atoms. The molecule has 0 saturated heterocycles. The first kappa shape index (κ1) is 17.0. The van der Waals surface area contributed by atoms with Crippen LogP contribution in [0.3, 0.4) is 0 Å². The molecule has 0 aliphatic carbocycles. The number of halogens is 1. The molecule has 3 N–H and O–H groups in total. The molecule has 1 aromatic carbocycles. The maximum Gasteiger partial charge on any atom is 0.251 e. The fraction of sp³-hybridized carbons (Fsp3) is 0.300. The number of carbonyl (C=O) groups excluding carboxylic acids is 1. The molecule has 0 aromatic heterocycles. The molecular weight excluding hydrogens is 280 g/mol. The molecule has 0 aliphatic heterocycles. The Morgan fingerprint density at radius 3 is 2.56 bits per heavy atom. The summed E-state index contributed by atoms with van der Waals surface area (Å²) in [6.45, 7) is 2.26. The van der Waals surface area contributed by atoms with E-state index >= 15 is 0 Å². The van der Waals surface area contributed by atoms with Gasteiger partial charge < -0.3 is 15.1 Å². The van der Waals surface area contributed by atoms with E-state index in [4.69, 9.17) is 16.8 Å². The number of hydroxylamine groups is 1. The number of rotatable bonds is 3. The monoisotopic (exact) mass is 293 g/mol. The third-order valence-electron chi connectivity index (χ3n) is 1.71. The third-order valence-corrected chi connectivity index (χ3v) is 2.85. The molecule has 0 radical (unpaired) electrons. The van der Waals surface area contributed by atoms with Crippen LogP contribution in [0.15, 0.2) is 23.1 Å². The van der Waals surface area contributed by atoms with Gasteiger partial charge in [0.15, 0.2) is 0 Å². The van der Waals surface area contributed by atoms with Crippen LogP contribution in [0.5, 0.6) is 0 Å². The summed E-state index contributed by atoms with van der Waals surface area (Å²) in [5.41, 5.74) is 2.03. The number of hydrogen-bond donors (Lipinski definition) is 3. The van der Waals surface area contributed by atoms with Crippen molar-refractivity contribution in [3.05, 3.63) is 28.8 Å². The SMILES string of the molecule is CCNC(=O)c1ccc(Cl)c(S(=O)[O-])c1.CNO. The minimum Gasteiger partial charge on any atom is -0.768 e. The Hall–Kier alpha value is -0.990. The van der Waals surface area contributed by atoms with E-state index in [9.17, 15) is 13.6 Å². The van der Waals surface area contributed by atoms with E-state index in [-0.39, 0.29) is 21.4 Å². The average molecular weight is 294 g/mol. The van der Waals surface area contributed by atoms with Crippen molar-refractivity contribution in [1.82, 2.24) is 10.8 Å². The molecule has 1 amide bonds. The molecular formula is C10H14ClN2O4S-. The quantitative estimate of drug-likeness (QED) is 0.568. The topological polar surface area (TPSA) is 101 Å². The second kappa shape index (κ2) is 9.01. The van der Waals surface area contributed by atoms with Crippen LogP contribution in [0.2, 0.25) is 5.02 Å². The van der Waals surface area contributed by atoms with Crippen molar-refractivity contribution < 1.29 is 18.8 Å². The van der Waals surface area contributed by atoms with Gasteiger partial charge in [0.1, 0.15) is 0 Å². The standard InChI is InChI=1S/C9H10ClNO3S.CH5NO/c1-2-11-9(12)6-3-4-7(10)8(5-6)15(13)14;1-2-3/h3-5H,2H2,1H3,(H,11,12)(H,13,14);2-3H,1H3/p-1. The minimum absolute atomic E-state index is 0.0691. The maximum absolute atomic E-state index is 11.4. The van der Waals surface area contributed by atoms with Crippen molar-refractivity contribution in [2.45, 2.75) is 11.8 Å². The Kier molecular flexibility index (Phi) is 8.51. The van der Waals surface area contributed by atoms with Crippen LogP contribution in [0.4, 0.5) is 0 Å². The molecule has 8 heteroatoms. The molecule has 1 rings (SSSR count). The number of benzene rings is 1. The van der Waals surface area contributed by atoms with Gasteiger partial charge >= 0.3 is 0 Å².